The van der Waals surface area contributed by atoms with Crippen LogP contribution in [0.1, 0.15) is 42.0 Å². The van der Waals surface area contributed by atoms with E-state index in [2.05, 4.69) is 0 Å². The fourth-order valence-corrected chi connectivity index (χ4v) is 4.84. The molecular formula is C39H44O7. The van der Waals surface area contributed by atoms with Crippen molar-refractivity contribution in [2.75, 3.05) is 7.11 Å². The highest BCUT2D eigenvalue weighted by molar-refractivity contribution is 5.67. The molecule has 0 heterocycles. The molecule has 0 saturated heterocycles. The summed E-state index contributed by atoms with van der Waals surface area (Å²) in [6.07, 6.45) is 2.38. The third-order valence-electron chi connectivity index (χ3n) is 7.41. The molecule has 7 nitrogen and oxygen atoms in total. The smallest absolute Gasteiger partial charge is 0.306 e. The first-order chi connectivity index (χ1) is 22.5. The molecule has 1 N–H and O–H groups in total. The van der Waals surface area contributed by atoms with E-state index >= 15 is 0 Å². The SMILES string of the molecule is COc1ccc(CO[C@H](C)C[C@@H](/C=C/[C@H](OCc2ccccc2)[C@H](CC(=O)O)OCc2ccccc2)OCc2ccccc2)cc1. The van der Waals surface area contributed by atoms with Gasteiger partial charge in [0.15, 0.2) is 0 Å². The number of carboxylic acid groups (broad SMARTS) is 1. The van der Waals surface area contributed by atoms with Gasteiger partial charge in [-0.15, -0.1) is 0 Å². The largest absolute Gasteiger partial charge is 0.497 e. The van der Waals surface area contributed by atoms with Crippen molar-refractivity contribution in [3.8, 4) is 5.75 Å². The Kier molecular flexibility index (Phi) is 14.5. The second-order valence-electron chi connectivity index (χ2n) is 11.1. The van der Waals surface area contributed by atoms with E-state index in [-0.39, 0.29) is 25.2 Å². The minimum Gasteiger partial charge on any atom is -0.497 e. The highest BCUT2D eigenvalue weighted by Crippen LogP contribution is 2.20. The van der Waals surface area contributed by atoms with Crippen molar-refractivity contribution in [3.05, 3.63) is 150 Å². The van der Waals surface area contributed by atoms with Gasteiger partial charge in [-0.3, -0.25) is 4.79 Å². The van der Waals surface area contributed by atoms with Gasteiger partial charge >= 0.3 is 5.97 Å². The third-order valence-corrected chi connectivity index (χ3v) is 7.41. The van der Waals surface area contributed by atoms with Crippen molar-refractivity contribution in [2.24, 2.45) is 0 Å². The van der Waals surface area contributed by atoms with Crippen LogP contribution in [0.5, 0.6) is 5.75 Å². The molecule has 4 aromatic carbocycles. The predicted molar refractivity (Wildman–Crippen MR) is 178 cm³/mol. The van der Waals surface area contributed by atoms with Gasteiger partial charge in [-0.25, -0.2) is 0 Å². The molecule has 0 saturated carbocycles. The maximum absolute atomic E-state index is 12.0. The number of hydrogen-bond donors (Lipinski definition) is 1. The molecule has 4 rings (SSSR count). The topological polar surface area (TPSA) is 83.5 Å². The van der Waals surface area contributed by atoms with Crippen LogP contribution < -0.4 is 4.74 Å². The fraction of sp³-hybridized carbons (Fsp3) is 0.308. The van der Waals surface area contributed by atoms with Gasteiger partial charge in [0.1, 0.15) is 11.9 Å². The summed E-state index contributed by atoms with van der Waals surface area (Å²) < 4.78 is 30.4. The number of hydrogen-bond acceptors (Lipinski definition) is 6. The molecule has 0 amide bonds. The lowest BCUT2D eigenvalue weighted by Crippen LogP contribution is -2.33. The van der Waals surface area contributed by atoms with E-state index in [1.54, 1.807) is 7.11 Å². The molecule has 0 aliphatic carbocycles. The Morgan fingerprint density at radius 2 is 1.11 bits per heavy atom. The number of methoxy groups -OCH3 is 1. The molecule has 4 aromatic rings. The van der Waals surface area contributed by atoms with E-state index < -0.39 is 18.2 Å². The quantitative estimate of drug-likeness (QED) is 0.101. The van der Waals surface area contributed by atoms with Crippen LogP contribution in [0.15, 0.2) is 127 Å². The Labute approximate surface area is 272 Å². The fourth-order valence-electron chi connectivity index (χ4n) is 4.84. The van der Waals surface area contributed by atoms with Gasteiger partial charge in [0, 0.05) is 6.42 Å². The molecular weight excluding hydrogens is 580 g/mol. The summed E-state index contributed by atoms with van der Waals surface area (Å²) in [6.45, 7) is 3.46. The van der Waals surface area contributed by atoms with Gasteiger partial charge in [-0.05, 0) is 41.3 Å². The average Bonchev–Trinajstić information content (AvgIpc) is 3.09. The first-order valence-electron chi connectivity index (χ1n) is 15.6. The number of benzene rings is 4. The minimum absolute atomic E-state index is 0.125. The Hall–Kier alpha value is -4.27. The third kappa shape index (κ3) is 12.6. The predicted octanol–water partition coefficient (Wildman–Crippen LogP) is 7.78. The molecule has 0 aliphatic rings. The Morgan fingerprint density at radius 3 is 1.63 bits per heavy atom. The first-order valence-corrected chi connectivity index (χ1v) is 15.6. The summed E-state index contributed by atoms with van der Waals surface area (Å²) >= 11 is 0. The number of carboxylic acids is 1. The zero-order chi connectivity index (χ0) is 32.4. The summed E-state index contributed by atoms with van der Waals surface area (Å²) in [4.78, 5) is 12.0. The van der Waals surface area contributed by atoms with Gasteiger partial charge in [0.05, 0.1) is 58.3 Å². The molecule has 46 heavy (non-hydrogen) atoms. The Morgan fingerprint density at radius 1 is 0.630 bits per heavy atom. The van der Waals surface area contributed by atoms with Gasteiger partial charge in [-0.1, -0.05) is 115 Å². The monoisotopic (exact) mass is 624 g/mol. The van der Waals surface area contributed by atoms with Crippen molar-refractivity contribution in [1.29, 1.82) is 0 Å². The summed E-state index contributed by atoms with van der Waals surface area (Å²) in [5.41, 5.74) is 4.04. The maximum atomic E-state index is 12.0. The van der Waals surface area contributed by atoms with Gasteiger partial charge in [0.2, 0.25) is 0 Å². The van der Waals surface area contributed by atoms with Crippen molar-refractivity contribution in [2.45, 2.75) is 70.6 Å². The van der Waals surface area contributed by atoms with Crippen LogP contribution in [-0.2, 0) is 50.2 Å². The van der Waals surface area contributed by atoms with Crippen LogP contribution in [0.25, 0.3) is 0 Å². The molecule has 0 bridgehead atoms. The number of rotatable bonds is 20. The zero-order valence-electron chi connectivity index (χ0n) is 26.6. The maximum Gasteiger partial charge on any atom is 0.306 e. The lowest BCUT2D eigenvalue weighted by molar-refractivity contribution is -0.144. The number of ether oxygens (including phenoxy) is 5. The molecule has 0 radical (unpaired) electrons. The van der Waals surface area contributed by atoms with Crippen molar-refractivity contribution < 1.29 is 33.6 Å². The first kappa shape index (κ1) is 34.6. The lowest BCUT2D eigenvalue weighted by Gasteiger charge is -2.26. The van der Waals surface area contributed by atoms with E-state index in [0.29, 0.717) is 26.2 Å². The molecule has 0 fully saturated rings. The van der Waals surface area contributed by atoms with E-state index in [1.165, 1.54) is 0 Å². The van der Waals surface area contributed by atoms with E-state index in [9.17, 15) is 9.90 Å². The highest BCUT2D eigenvalue weighted by atomic mass is 16.5. The van der Waals surface area contributed by atoms with Crippen molar-refractivity contribution in [1.82, 2.24) is 0 Å². The second kappa shape index (κ2) is 19.3. The van der Waals surface area contributed by atoms with Crippen LogP contribution >= 0.6 is 0 Å². The van der Waals surface area contributed by atoms with E-state index in [4.69, 9.17) is 23.7 Å². The zero-order valence-corrected chi connectivity index (χ0v) is 26.6. The lowest BCUT2D eigenvalue weighted by atomic mass is 10.1. The molecule has 7 heteroatoms. The highest BCUT2D eigenvalue weighted by Gasteiger charge is 2.25. The van der Waals surface area contributed by atoms with Gasteiger partial charge in [0.25, 0.3) is 0 Å². The molecule has 242 valence electrons. The molecule has 0 spiro atoms. The molecule has 0 unspecified atom stereocenters. The van der Waals surface area contributed by atoms with Crippen LogP contribution in [0.2, 0.25) is 0 Å². The van der Waals surface area contributed by atoms with Crippen molar-refractivity contribution in [3.63, 3.8) is 0 Å². The average molecular weight is 625 g/mol. The Bertz CT molecular complexity index is 1430. The molecule has 4 atom stereocenters. The van der Waals surface area contributed by atoms with Crippen LogP contribution in [0.3, 0.4) is 0 Å². The van der Waals surface area contributed by atoms with E-state index in [0.717, 1.165) is 28.0 Å². The molecule has 0 aliphatic heterocycles. The van der Waals surface area contributed by atoms with Gasteiger partial charge < -0.3 is 28.8 Å². The summed E-state index contributed by atoms with van der Waals surface area (Å²) in [7, 11) is 1.65. The Balaban J connectivity index is 1.50. The number of carbonyl (C=O) groups is 1. The van der Waals surface area contributed by atoms with Crippen molar-refractivity contribution >= 4 is 5.97 Å². The van der Waals surface area contributed by atoms with Crippen LogP contribution in [-0.4, -0.2) is 42.6 Å². The summed E-state index contributed by atoms with van der Waals surface area (Å²) in [5.74, 6) is -0.161. The van der Waals surface area contributed by atoms with Crippen LogP contribution in [0.4, 0.5) is 0 Å². The standard InChI is InChI=1S/C39H44O7/c1-30(43-26-34-18-20-35(42-2)21-19-34)24-36(44-27-31-12-6-3-7-13-31)22-23-37(45-28-32-14-8-4-9-15-32)38(25-39(40)41)46-29-33-16-10-5-11-17-33/h3-23,30,36-38H,24-29H2,1-2H3,(H,40,41)/b23-22+/t30-,36-,37+,38+/m1/s1. The number of aliphatic carboxylic acids is 1. The van der Waals surface area contributed by atoms with Crippen LogP contribution in [0, 0.1) is 0 Å². The summed E-state index contributed by atoms with van der Waals surface area (Å²) in [5, 5.41) is 9.80. The van der Waals surface area contributed by atoms with E-state index in [1.807, 2.05) is 134 Å². The normalized spacial score (nSPS) is 14.0. The minimum atomic E-state index is -0.961. The summed E-state index contributed by atoms with van der Waals surface area (Å²) in [6, 6.07) is 37.3. The van der Waals surface area contributed by atoms with Gasteiger partial charge in [-0.2, -0.15) is 0 Å². The second-order valence-corrected chi connectivity index (χ2v) is 11.1. The molecule has 0 aromatic heterocycles.